The Labute approximate surface area is 126 Å². The fourth-order valence-corrected chi connectivity index (χ4v) is 2.24. The summed E-state index contributed by atoms with van der Waals surface area (Å²) in [5.41, 5.74) is 1.10. The smallest absolute Gasteiger partial charge is 0.120 e. The largest absolute Gasteiger partial charge is 0.492 e. The first-order chi connectivity index (χ1) is 9.25. The summed E-state index contributed by atoms with van der Waals surface area (Å²) in [4.78, 5) is 0. The number of halogens is 2. The fraction of sp³-hybridized carbons (Fsp3) is 0.200. The van der Waals surface area contributed by atoms with Crippen molar-refractivity contribution in [2.75, 3.05) is 13.2 Å². The van der Waals surface area contributed by atoms with E-state index in [1.165, 1.54) is 0 Å². The van der Waals surface area contributed by atoms with Crippen LogP contribution in [0.2, 0.25) is 5.02 Å². The summed E-state index contributed by atoms with van der Waals surface area (Å²) < 4.78 is 6.65. The average Bonchev–Trinajstić information content (AvgIpc) is 2.40. The van der Waals surface area contributed by atoms with Gasteiger partial charge in [-0.3, -0.25) is 0 Å². The van der Waals surface area contributed by atoms with Gasteiger partial charge in [-0.2, -0.15) is 0 Å². The molecule has 0 amide bonds. The van der Waals surface area contributed by atoms with Crippen molar-refractivity contribution < 1.29 is 4.74 Å². The lowest BCUT2D eigenvalue weighted by Gasteiger charge is -2.08. The molecule has 0 aromatic heterocycles. The van der Waals surface area contributed by atoms with Crippen molar-refractivity contribution in [1.82, 2.24) is 5.32 Å². The Balaban J connectivity index is 1.69. The number of hydrogen-bond donors (Lipinski definition) is 1. The molecule has 0 unspecified atom stereocenters. The average molecular weight is 341 g/mol. The molecule has 0 saturated carbocycles. The van der Waals surface area contributed by atoms with E-state index in [1.54, 1.807) is 0 Å². The molecule has 0 saturated heterocycles. The van der Waals surface area contributed by atoms with Crippen molar-refractivity contribution in [3.63, 3.8) is 0 Å². The molecule has 0 spiro atoms. The summed E-state index contributed by atoms with van der Waals surface area (Å²) in [6.07, 6.45) is 0. The molecule has 0 aliphatic carbocycles. The number of rotatable bonds is 6. The van der Waals surface area contributed by atoms with Crippen LogP contribution in [0.5, 0.6) is 5.75 Å². The van der Waals surface area contributed by atoms with E-state index in [0.29, 0.717) is 6.61 Å². The van der Waals surface area contributed by atoms with E-state index in [-0.39, 0.29) is 0 Å². The molecular formula is C15H15BrClNO. The van der Waals surface area contributed by atoms with Gasteiger partial charge in [0, 0.05) is 22.6 Å². The van der Waals surface area contributed by atoms with Gasteiger partial charge in [0.05, 0.1) is 0 Å². The first-order valence-corrected chi connectivity index (χ1v) is 7.25. The summed E-state index contributed by atoms with van der Waals surface area (Å²) in [7, 11) is 0. The van der Waals surface area contributed by atoms with Crippen molar-refractivity contribution in [1.29, 1.82) is 0 Å². The zero-order valence-corrected chi connectivity index (χ0v) is 12.7. The van der Waals surface area contributed by atoms with E-state index in [1.807, 2.05) is 48.5 Å². The molecule has 100 valence electrons. The maximum absolute atomic E-state index is 6.07. The van der Waals surface area contributed by atoms with Crippen LogP contribution in [0.1, 0.15) is 5.56 Å². The quantitative estimate of drug-likeness (QED) is 0.793. The molecule has 0 fully saturated rings. The molecule has 2 nitrogen and oxygen atoms in total. The topological polar surface area (TPSA) is 21.3 Å². The lowest BCUT2D eigenvalue weighted by molar-refractivity contribution is 0.313. The van der Waals surface area contributed by atoms with Crippen molar-refractivity contribution in [2.24, 2.45) is 0 Å². The number of ether oxygens (including phenoxy) is 1. The Bertz CT molecular complexity index is 533. The third-order valence-electron chi connectivity index (χ3n) is 2.62. The molecule has 2 aromatic carbocycles. The normalized spacial score (nSPS) is 10.4. The molecule has 0 aliphatic rings. The molecule has 0 bridgehead atoms. The third-order valence-corrected chi connectivity index (χ3v) is 3.48. The highest BCUT2D eigenvalue weighted by molar-refractivity contribution is 9.10. The van der Waals surface area contributed by atoms with Crippen molar-refractivity contribution in [3.8, 4) is 5.75 Å². The van der Waals surface area contributed by atoms with Gasteiger partial charge in [0.2, 0.25) is 0 Å². The predicted octanol–water partition coefficient (Wildman–Crippen LogP) is 4.27. The van der Waals surface area contributed by atoms with Crippen LogP contribution < -0.4 is 10.1 Å². The maximum Gasteiger partial charge on any atom is 0.120 e. The van der Waals surface area contributed by atoms with Crippen LogP contribution in [0.25, 0.3) is 0 Å². The molecule has 19 heavy (non-hydrogen) atoms. The first-order valence-electron chi connectivity index (χ1n) is 6.08. The Morgan fingerprint density at radius 2 is 1.95 bits per heavy atom. The highest BCUT2D eigenvalue weighted by Crippen LogP contribution is 2.17. The minimum atomic E-state index is 0.626. The zero-order chi connectivity index (χ0) is 13.5. The minimum Gasteiger partial charge on any atom is -0.492 e. The van der Waals surface area contributed by atoms with Crippen LogP contribution in [0.4, 0.5) is 0 Å². The molecule has 2 rings (SSSR count). The highest BCUT2D eigenvalue weighted by Gasteiger charge is 1.98. The minimum absolute atomic E-state index is 0.626. The summed E-state index contributed by atoms with van der Waals surface area (Å²) in [6, 6.07) is 15.7. The molecule has 1 N–H and O–H groups in total. The molecular weight excluding hydrogens is 326 g/mol. The third kappa shape index (κ3) is 4.86. The number of nitrogens with one attached hydrogen (secondary N) is 1. The standard InChI is InChI=1S/C15H15BrClNO/c16-13-5-3-6-14(10-13)19-9-8-18-11-12-4-1-2-7-15(12)17/h1-7,10,18H,8-9,11H2. The molecule has 0 atom stereocenters. The van der Waals surface area contributed by atoms with Crippen LogP contribution in [-0.2, 0) is 6.54 Å². The maximum atomic E-state index is 6.07. The number of benzene rings is 2. The highest BCUT2D eigenvalue weighted by atomic mass is 79.9. The summed E-state index contributed by atoms with van der Waals surface area (Å²) in [5, 5.41) is 4.10. The van der Waals surface area contributed by atoms with E-state index in [9.17, 15) is 0 Å². The number of hydrogen-bond acceptors (Lipinski definition) is 2. The van der Waals surface area contributed by atoms with Gasteiger partial charge >= 0.3 is 0 Å². The van der Waals surface area contributed by atoms with Crippen LogP contribution in [-0.4, -0.2) is 13.2 Å². The molecule has 0 aliphatic heterocycles. The van der Waals surface area contributed by atoms with Crippen LogP contribution in [0.3, 0.4) is 0 Å². The second-order valence-electron chi connectivity index (χ2n) is 4.07. The second-order valence-corrected chi connectivity index (χ2v) is 5.40. The van der Waals surface area contributed by atoms with Crippen LogP contribution in [0, 0.1) is 0 Å². The second kappa shape index (κ2) is 7.53. The van der Waals surface area contributed by atoms with Crippen LogP contribution in [0.15, 0.2) is 53.0 Å². The van der Waals surface area contributed by atoms with E-state index in [0.717, 1.165) is 33.9 Å². The summed E-state index contributed by atoms with van der Waals surface area (Å²) in [5.74, 6) is 0.869. The summed E-state index contributed by atoms with van der Waals surface area (Å²) >= 11 is 9.49. The van der Waals surface area contributed by atoms with Gasteiger partial charge in [-0.1, -0.05) is 51.8 Å². The van der Waals surface area contributed by atoms with Crippen LogP contribution >= 0.6 is 27.5 Å². The lowest BCUT2D eigenvalue weighted by atomic mass is 10.2. The Morgan fingerprint density at radius 1 is 1.11 bits per heavy atom. The van der Waals surface area contributed by atoms with Gasteiger partial charge in [0.1, 0.15) is 12.4 Å². The van der Waals surface area contributed by atoms with Crippen molar-refractivity contribution in [2.45, 2.75) is 6.54 Å². The van der Waals surface area contributed by atoms with E-state index in [2.05, 4.69) is 21.2 Å². The van der Waals surface area contributed by atoms with Gasteiger partial charge in [0.25, 0.3) is 0 Å². The SMILES string of the molecule is Clc1ccccc1CNCCOc1cccc(Br)c1. The first kappa shape index (κ1) is 14.4. The van der Waals surface area contributed by atoms with Gasteiger partial charge in [-0.15, -0.1) is 0 Å². The van der Waals surface area contributed by atoms with Gasteiger partial charge < -0.3 is 10.1 Å². The Morgan fingerprint density at radius 3 is 2.74 bits per heavy atom. The Kier molecular flexibility index (Phi) is 5.70. The van der Waals surface area contributed by atoms with Crippen molar-refractivity contribution in [3.05, 3.63) is 63.6 Å². The molecule has 0 heterocycles. The van der Waals surface area contributed by atoms with Crippen molar-refractivity contribution >= 4 is 27.5 Å². The van der Waals surface area contributed by atoms with Gasteiger partial charge in [0.15, 0.2) is 0 Å². The molecule has 2 aromatic rings. The fourth-order valence-electron chi connectivity index (χ4n) is 1.66. The van der Waals surface area contributed by atoms with E-state index in [4.69, 9.17) is 16.3 Å². The Hall–Kier alpha value is -1.03. The molecule has 4 heteroatoms. The van der Waals surface area contributed by atoms with E-state index >= 15 is 0 Å². The predicted molar refractivity (Wildman–Crippen MR) is 82.8 cm³/mol. The lowest BCUT2D eigenvalue weighted by Crippen LogP contribution is -2.20. The van der Waals surface area contributed by atoms with E-state index < -0.39 is 0 Å². The van der Waals surface area contributed by atoms with Gasteiger partial charge in [-0.25, -0.2) is 0 Å². The summed E-state index contributed by atoms with van der Waals surface area (Å²) in [6.45, 7) is 2.15. The zero-order valence-electron chi connectivity index (χ0n) is 10.4. The van der Waals surface area contributed by atoms with Gasteiger partial charge in [-0.05, 0) is 29.8 Å². The monoisotopic (exact) mass is 339 g/mol. The molecule has 0 radical (unpaired) electrons.